The van der Waals surface area contributed by atoms with E-state index in [9.17, 15) is 4.79 Å². The van der Waals surface area contributed by atoms with Crippen molar-refractivity contribution in [2.75, 3.05) is 56.4 Å². The Morgan fingerprint density at radius 1 is 0.833 bits per heavy atom. The maximum Gasteiger partial charge on any atom is 0.373 e. The van der Waals surface area contributed by atoms with Crippen LogP contribution in [0.2, 0.25) is 0 Å². The molecule has 30 heavy (non-hydrogen) atoms. The molecule has 1 fully saturated rings. The lowest BCUT2D eigenvalue weighted by molar-refractivity contribution is -0.344. The number of rotatable bonds is 10. The summed E-state index contributed by atoms with van der Waals surface area (Å²) in [5.41, 5.74) is 0. The Labute approximate surface area is 176 Å². The average Bonchev–Trinajstić information content (AvgIpc) is 2.78. The van der Waals surface area contributed by atoms with E-state index in [4.69, 9.17) is 47.4 Å². The van der Waals surface area contributed by atoms with Gasteiger partial charge in [-0.2, -0.15) is 0 Å². The van der Waals surface area contributed by atoms with Gasteiger partial charge in [0, 0.05) is 42.7 Å². The molecule has 8 unspecified atom stereocenters. The third-order valence-electron chi connectivity index (χ3n) is 5.07. The molecule has 11 nitrogen and oxygen atoms in total. The summed E-state index contributed by atoms with van der Waals surface area (Å²) < 4.78 is 55.6. The Morgan fingerprint density at radius 2 is 1.50 bits per heavy atom. The van der Waals surface area contributed by atoms with Crippen LogP contribution in [-0.4, -0.2) is 112 Å². The SMILES string of the molecule is COCC1OC(OC)C(OC2OC(C(=O)OC)=CC(OC)C2OC)C(OC)C1OC. The van der Waals surface area contributed by atoms with Gasteiger partial charge in [-0.15, -0.1) is 0 Å². The first-order valence-corrected chi connectivity index (χ1v) is 9.40. The molecule has 0 aromatic heterocycles. The number of ether oxygens (including phenoxy) is 10. The molecule has 2 aliphatic rings. The Morgan fingerprint density at radius 3 is 2.00 bits per heavy atom. The highest BCUT2D eigenvalue weighted by atomic mass is 16.8. The van der Waals surface area contributed by atoms with E-state index < -0.39 is 55.2 Å². The first-order chi connectivity index (χ1) is 14.5. The van der Waals surface area contributed by atoms with Crippen LogP contribution in [-0.2, 0) is 52.2 Å². The summed E-state index contributed by atoms with van der Waals surface area (Å²) in [5.74, 6) is -0.718. The van der Waals surface area contributed by atoms with Crippen LogP contribution in [0.15, 0.2) is 11.8 Å². The van der Waals surface area contributed by atoms with E-state index in [1.165, 1.54) is 41.6 Å². The third-order valence-corrected chi connectivity index (χ3v) is 5.07. The molecule has 1 saturated heterocycles. The fourth-order valence-electron chi connectivity index (χ4n) is 3.62. The minimum atomic E-state index is -1.04. The van der Waals surface area contributed by atoms with Gasteiger partial charge in [-0.1, -0.05) is 0 Å². The van der Waals surface area contributed by atoms with Gasteiger partial charge in [0.15, 0.2) is 6.29 Å². The summed E-state index contributed by atoms with van der Waals surface area (Å²) in [6, 6.07) is 0. The maximum atomic E-state index is 12.0. The summed E-state index contributed by atoms with van der Waals surface area (Å²) in [5, 5.41) is 0. The van der Waals surface area contributed by atoms with Crippen molar-refractivity contribution in [1.82, 2.24) is 0 Å². The van der Waals surface area contributed by atoms with Gasteiger partial charge in [-0.25, -0.2) is 4.79 Å². The van der Waals surface area contributed by atoms with Gasteiger partial charge in [-0.3, -0.25) is 0 Å². The second-order valence-corrected chi connectivity index (χ2v) is 6.64. The van der Waals surface area contributed by atoms with Crippen molar-refractivity contribution in [3.63, 3.8) is 0 Å². The number of carbonyl (C=O) groups excluding carboxylic acids is 1. The molecular formula is C19H32O11. The van der Waals surface area contributed by atoms with E-state index in [0.717, 1.165) is 0 Å². The molecule has 0 N–H and O–H groups in total. The van der Waals surface area contributed by atoms with Crippen LogP contribution in [0.25, 0.3) is 0 Å². The highest BCUT2D eigenvalue weighted by molar-refractivity contribution is 5.86. The largest absolute Gasteiger partial charge is 0.463 e. The summed E-state index contributed by atoms with van der Waals surface area (Å²) >= 11 is 0. The molecule has 0 bridgehead atoms. The second kappa shape index (κ2) is 11.9. The third kappa shape index (κ3) is 5.29. The molecule has 2 aliphatic heterocycles. The molecule has 174 valence electrons. The van der Waals surface area contributed by atoms with Gasteiger partial charge in [0.05, 0.1) is 13.7 Å². The van der Waals surface area contributed by atoms with Crippen molar-refractivity contribution < 1.29 is 52.2 Å². The maximum absolute atomic E-state index is 12.0. The van der Waals surface area contributed by atoms with Gasteiger partial charge in [0.25, 0.3) is 0 Å². The van der Waals surface area contributed by atoms with Crippen molar-refractivity contribution >= 4 is 5.97 Å². The molecule has 0 amide bonds. The fourth-order valence-corrected chi connectivity index (χ4v) is 3.62. The quantitative estimate of drug-likeness (QED) is 0.427. The van der Waals surface area contributed by atoms with Crippen molar-refractivity contribution in [2.24, 2.45) is 0 Å². The van der Waals surface area contributed by atoms with Gasteiger partial charge in [0.2, 0.25) is 12.0 Å². The zero-order valence-corrected chi connectivity index (χ0v) is 18.4. The Kier molecular flexibility index (Phi) is 9.91. The van der Waals surface area contributed by atoms with E-state index in [1.54, 1.807) is 14.2 Å². The smallest absolute Gasteiger partial charge is 0.373 e. The lowest BCUT2D eigenvalue weighted by Gasteiger charge is -2.46. The molecule has 0 radical (unpaired) electrons. The van der Waals surface area contributed by atoms with Crippen LogP contribution in [0.1, 0.15) is 0 Å². The topological polar surface area (TPSA) is 109 Å². The molecule has 0 spiro atoms. The standard InChI is InChI=1S/C19H32O11/c1-21-9-12-13(23-3)15(25-5)16(18(27-7)29-12)30-19-14(24-4)10(22-2)8-11(28-19)17(20)26-6/h8,10,12-16,18-19H,9H2,1-7H3. The second-order valence-electron chi connectivity index (χ2n) is 6.64. The molecule has 11 heteroatoms. The van der Waals surface area contributed by atoms with Crippen LogP contribution in [0, 0.1) is 0 Å². The molecule has 0 aromatic rings. The summed E-state index contributed by atoms with van der Waals surface area (Å²) in [6.07, 6.45) is -4.02. The van der Waals surface area contributed by atoms with E-state index >= 15 is 0 Å². The molecule has 0 aromatic carbocycles. The molecule has 2 rings (SSSR count). The number of esters is 1. The highest BCUT2D eigenvalue weighted by Gasteiger charge is 2.51. The van der Waals surface area contributed by atoms with E-state index in [0.29, 0.717) is 0 Å². The van der Waals surface area contributed by atoms with Gasteiger partial charge < -0.3 is 47.4 Å². The monoisotopic (exact) mass is 436 g/mol. The predicted octanol–water partition coefficient (Wildman–Crippen LogP) is -0.137. The lowest BCUT2D eigenvalue weighted by Crippen LogP contribution is -2.63. The van der Waals surface area contributed by atoms with E-state index in [-0.39, 0.29) is 12.4 Å². The number of methoxy groups -OCH3 is 7. The fraction of sp³-hybridized carbons (Fsp3) is 0.842. The average molecular weight is 436 g/mol. The van der Waals surface area contributed by atoms with Crippen molar-refractivity contribution in [3.05, 3.63) is 11.8 Å². The molecule has 0 saturated carbocycles. The first kappa shape index (κ1) is 25.0. The molecular weight excluding hydrogens is 404 g/mol. The van der Waals surface area contributed by atoms with Gasteiger partial charge in [-0.05, 0) is 6.08 Å². The van der Waals surface area contributed by atoms with Crippen LogP contribution in [0.3, 0.4) is 0 Å². The Hall–Kier alpha value is -1.31. The summed E-state index contributed by atoms with van der Waals surface area (Å²) in [7, 11) is 10.3. The minimum absolute atomic E-state index is 0.0529. The number of hydrogen-bond acceptors (Lipinski definition) is 11. The highest BCUT2D eigenvalue weighted by Crippen LogP contribution is 2.32. The van der Waals surface area contributed by atoms with Crippen molar-refractivity contribution in [1.29, 1.82) is 0 Å². The van der Waals surface area contributed by atoms with Crippen LogP contribution >= 0.6 is 0 Å². The first-order valence-electron chi connectivity index (χ1n) is 9.40. The predicted molar refractivity (Wildman–Crippen MR) is 101 cm³/mol. The summed E-state index contributed by atoms with van der Waals surface area (Å²) in [4.78, 5) is 12.0. The zero-order valence-electron chi connectivity index (χ0n) is 18.4. The number of carbonyl (C=O) groups is 1. The van der Waals surface area contributed by atoms with Crippen LogP contribution < -0.4 is 0 Å². The zero-order chi connectivity index (χ0) is 22.3. The lowest BCUT2D eigenvalue weighted by atomic mass is 9.98. The van der Waals surface area contributed by atoms with Crippen molar-refractivity contribution in [2.45, 2.75) is 49.2 Å². The van der Waals surface area contributed by atoms with Crippen molar-refractivity contribution in [3.8, 4) is 0 Å². The summed E-state index contributed by atoms with van der Waals surface area (Å²) in [6.45, 7) is 0.270. The Balaban J connectivity index is 2.31. The Bertz CT molecular complexity index is 569. The van der Waals surface area contributed by atoms with Gasteiger partial charge in [0.1, 0.15) is 36.6 Å². The molecule has 8 atom stereocenters. The number of hydrogen-bond donors (Lipinski definition) is 0. The molecule has 2 heterocycles. The van der Waals surface area contributed by atoms with E-state index in [1.807, 2.05) is 0 Å². The minimum Gasteiger partial charge on any atom is -0.463 e. The van der Waals surface area contributed by atoms with Gasteiger partial charge >= 0.3 is 5.97 Å². The van der Waals surface area contributed by atoms with Crippen LogP contribution in [0.4, 0.5) is 0 Å². The normalized spacial score (nSPS) is 36.7. The van der Waals surface area contributed by atoms with E-state index in [2.05, 4.69) is 0 Å². The van der Waals surface area contributed by atoms with Crippen LogP contribution in [0.5, 0.6) is 0 Å². The molecule has 0 aliphatic carbocycles.